The van der Waals surface area contributed by atoms with Gasteiger partial charge in [0.15, 0.2) is 11.5 Å². The van der Waals surface area contributed by atoms with Crippen LogP contribution in [0.5, 0.6) is 17.2 Å². The number of carbonyl (C=O) groups is 1. The van der Waals surface area contributed by atoms with Gasteiger partial charge in [-0.25, -0.2) is 0 Å². The number of methoxy groups -OCH3 is 2. The summed E-state index contributed by atoms with van der Waals surface area (Å²) in [5, 5.41) is 9.48. The molecule has 2 rings (SSSR count). The van der Waals surface area contributed by atoms with E-state index < -0.39 is 0 Å². The zero-order valence-corrected chi connectivity index (χ0v) is 14.4. The Morgan fingerprint density at radius 2 is 1.76 bits per heavy atom. The molecule has 0 N–H and O–H groups in total. The predicted molar refractivity (Wildman–Crippen MR) is 95.4 cm³/mol. The van der Waals surface area contributed by atoms with Gasteiger partial charge in [-0.15, -0.1) is 0 Å². The van der Waals surface area contributed by atoms with E-state index in [1.807, 2.05) is 0 Å². The molecule has 0 saturated carbocycles. The van der Waals surface area contributed by atoms with E-state index in [1.54, 1.807) is 69.7 Å². The van der Waals surface area contributed by atoms with Crippen LogP contribution in [0.15, 0.2) is 42.5 Å². The van der Waals surface area contributed by atoms with Crippen LogP contribution in [0.2, 0.25) is 0 Å². The minimum atomic E-state index is -0.286. The monoisotopic (exact) mass is 337 g/mol. The lowest BCUT2D eigenvalue weighted by Gasteiger charge is -2.09. The lowest BCUT2D eigenvalue weighted by Crippen LogP contribution is -2.05. The van der Waals surface area contributed by atoms with Crippen molar-refractivity contribution in [2.75, 3.05) is 14.2 Å². The molecule has 2 aromatic carbocycles. The Kier molecular flexibility index (Phi) is 6.19. The van der Waals surface area contributed by atoms with Gasteiger partial charge in [0.1, 0.15) is 5.75 Å². The molecule has 5 heteroatoms. The molecule has 5 nitrogen and oxygen atoms in total. The van der Waals surface area contributed by atoms with Crippen molar-refractivity contribution in [1.82, 2.24) is 0 Å². The summed E-state index contributed by atoms with van der Waals surface area (Å²) in [7, 11) is 3.11. The van der Waals surface area contributed by atoms with Crippen molar-refractivity contribution < 1.29 is 19.0 Å². The van der Waals surface area contributed by atoms with E-state index >= 15 is 0 Å². The fourth-order valence-electron chi connectivity index (χ4n) is 2.19. The van der Waals surface area contributed by atoms with Gasteiger partial charge in [-0.05, 0) is 47.5 Å². The lowest BCUT2D eigenvalue weighted by atomic mass is 10.0. The van der Waals surface area contributed by atoms with Crippen molar-refractivity contribution in [1.29, 1.82) is 5.26 Å². The number of allylic oxidation sites excluding steroid dienone is 1. The largest absolute Gasteiger partial charge is 0.493 e. The molecule has 0 fully saturated rings. The number of nitrogens with zero attached hydrogens (tertiary/aromatic N) is 1. The Morgan fingerprint density at radius 1 is 1.08 bits per heavy atom. The summed E-state index contributed by atoms with van der Waals surface area (Å²) in [5.41, 5.74) is 2.03. The number of esters is 1. The summed E-state index contributed by atoms with van der Waals surface area (Å²) in [6.45, 7) is 1.74. The Balaban J connectivity index is 2.28. The molecule has 0 heterocycles. The van der Waals surface area contributed by atoms with Gasteiger partial charge >= 0.3 is 5.97 Å². The maximum atomic E-state index is 11.3. The van der Waals surface area contributed by atoms with Gasteiger partial charge in [0.25, 0.3) is 0 Å². The van der Waals surface area contributed by atoms with Gasteiger partial charge in [0.05, 0.1) is 25.9 Å². The molecule has 0 aromatic heterocycles. The van der Waals surface area contributed by atoms with E-state index in [9.17, 15) is 10.1 Å². The van der Waals surface area contributed by atoms with E-state index in [1.165, 1.54) is 0 Å². The Labute approximate surface area is 147 Å². The molecular weight excluding hydrogens is 318 g/mol. The van der Waals surface area contributed by atoms with E-state index in [0.29, 0.717) is 29.2 Å². The Hall–Kier alpha value is -3.26. The molecule has 0 saturated heterocycles. The summed E-state index contributed by atoms with van der Waals surface area (Å²) < 4.78 is 15.6. The Bertz CT molecular complexity index is 817. The first kappa shape index (κ1) is 18.1. The van der Waals surface area contributed by atoms with Crippen LogP contribution < -0.4 is 14.2 Å². The van der Waals surface area contributed by atoms with Crippen molar-refractivity contribution in [2.45, 2.75) is 13.3 Å². The minimum absolute atomic E-state index is 0.286. The highest BCUT2D eigenvalue weighted by atomic mass is 16.5. The maximum Gasteiger partial charge on any atom is 0.310 e. The highest BCUT2D eigenvalue weighted by Crippen LogP contribution is 2.31. The number of rotatable bonds is 6. The molecule has 0 amide bonds. The molecule has 0 unspecified atom stereocenters. The van der Waals surface area contributed by atoms with Crippen molar-refractivity contribution >= 4 is 17.6 Å². The first-order chi connectivity index (χ1) is 12.1. The van der Waals surface area contributed by atoms with Crippen LogP contribution in [0.4, 0.5) is 0 Å². The van der Waals surface area contributed by atoms with E-state index in [4.69, 9.17) is 14.2 Å². The summed E-state index contributed by atoms with van der Waals surface area (Å²) in [6.07, 6.45) is 2.08. The second kappa shape index (κ2) is 8.55. The Morgan fingerprint density at radius 3 is 2.32 bits per heavy atom. The molecule has 0 atom stereocenters. The molecule has 0 radical (unpaired) electrons. The first-order valence-electron chi connectivity index (χ1n) is 7.76. The van der Waals surface area contributed by atoms with E-state index in [0.717, 1.165) is 11.1 Å². The van der Waals surface area contributed by atoms with E-state index in [2.05, 4.69) is 6.07 Å². The van der Waals surface area contributed by atoms with Crippen molar-refractivity contribution in [3.63, 3.8) is 0 Å². The van der Waals surface area contributed by atoms with E-state index in [-0.39, 0.29) is 5.97 Å². The zero-order chi connectivity index (χ0) is 18.2. The molecule has 2 aromatic rings. The van der Waals surface area contributed by atoms with Gasteiger partial charge in [-0.2, -0.15) is 5.26 Å². The maximum absolute atomic E-state index is 11.3. The molecule has 0 aliphatic heterocycles. The fourth-order valence-corrected chi connectivity index (χ4v) is 2.19. The number of nitriles is 1. The second-order valence-corrected chi connectivity index (χ2v) is 5.14. The average molecular weight is 337 g/mol. The molecule has 0 aliphatic carbocycles. The predicted octanol–water partition coefficient (Wildman–Crippen LogP) is 4.08. The summed E-state index contributed by atoms with van der Waals surface area (Å²) in [4.78, 5) is 11.3. The topological polar surface area (TPSA) is 68.6 Å². The van der Waals surface area contributed by atoms with Gasteiger partial charge in [-0.1, -0.05) is 19.1 Å². The minimum Gasteiger partial charge on any atom is -0.493 e. The summed E-state index contributed by atoms with van der Waals surface area (Å²) >= 11 is 0. The van der Waals surface area contributed by atoms with Crippen LogP contribution in [0.1, 0.15) is 24.5 Å². The highest BCUT2D eigenvalue weighted by molar-refractivity contribution is 5.90. The number of hydrogen-bond acceptors (Lipinski definition) is 5. The number of hydrogen-bond donors (Lipinski definition) is 0. The zero-order valence-electron chi connectivity index (χ0n) is 14.4. The number of carbonyl (C=O) groups excluding carboxylic acids is 1. The van der Waals surface area contributed by atoms with Crippen LogP contribution in [-0.4, -0.2) is 20.2 Å². The standard InChI is InChI=1S/C20H19NO4/c1-4-20(22)25-17-8-5-14(6-9-17)11-16(13-21)15-7-10-18(23-2)19(12-15)24-3/h5-12H,4H2,1-3H3/b16-11-. The smallest absolute Gasteiger partial charge is 0.310 e. The summed E-state index contributed by atoms with van der Waals surface area (Å²) in [6, 6.07) is 14.5. The van der Waals surface area contributed by atoms with Gasteiger partial charge in [0, 0.05) is 6.42 Å². The first-order valence-corrected chi connectivity index (χ1v) is 7.76. The molecule has 0 bridgehead atoms. The van der Waals surface area contributed by atoms with Crippen LogP contribution in [0.3, 0.4) is 0 Å². The molecule has 25 heavy (non-hydrogen) atoms. The summed E-state index contributed by atoms with van der Waals surface area (Å²) in [5.74, 6) is 1.36. The van der Waals surface area contributed by atoms with Gasteiger partial charge < -0.3 is 14.2 Å². The molecule has 128 valence electrons. The normalized spacial score (nSPS) is 10.7. The van der Waals surface area contributed by atoms with Crippen molar-refractivity contribution in [3.8, 4) is 23.3 Å². The third kappa shape index (κ3) is 4.61. The lowest BCUT2D eigenvalue weighted by molar-refractivity contribution is -0.134. The third-order valence-electron chi connectivity index (χ3n) is 3.53. The second-order valence-electron chi connectivity index (χ2n) is 5.14. The van der Waals surface area contributed by atoms with Crippen LogP contribution in [0, 0.1) is 11.3 Å². The fraction of sp³-hybridized carbons (Fsp3) is 0.200. The van der Waals surface area contributed by atoms with Gasteiger partial charge in [-0.3, -0.25) is 4.79 Å². The number of benzene rings is 2. The quantitative estimate of drug-likeness (QED) is 0.344. The van der Waals surface area contributed by atoms with Crippen LogP contribution in [-0.2, 0) is 4.79 Å². The molecular formula is C20H19NO4. The van der Waals surface area contributed by atoms with Crippen LogP contribution in [0.25, 0.3) is 11.6 Å². The third-order valence-corrected chi connectivity index (χ3v) is 3.53. The highest BCUT2D eigenvalue weighted by Gasteiger charge is 2.08. The molecule has 0 spiro atoms. The SMILES string of the molecule is CCC(=O)Oc1ccc(/C=C(/C#N)c2ccc(OC)c(OC)c2)cc1. The van der Waals surface area contributed by atoms with Crippen molar-refractivity contribution in [3.05, 3.63) is 53.6 Å². The van der Waals surface area contributed by atoms with Gasteiger partial charge in [0.2, 0.25) is 0 Å². The molecule has 0 aliphatic rings. The average Bonchev–Trinajstić information content (AvgIpc) is 2.66. The number of ether oxygens (including phenoxy) is 3. The van der Waals surface area contributed by atoms with Crippen molar-refractivity contribution in [2.24, 2.45) is 0 Å². The van der Waals surface area contributed by atoms with Crippen LogP contribution >= 0.6 is 0 Å².